The van der Waals surface area contributed by atoms with Gasteiger partial charge >= 0.3 is 11.9 Å². The van der Waals surface area contributed by atoms with Gasteiger partial charge in [0.05, 0.1) is 6.61 Å². The van der Waals surface area contributed by atoms with Crippen LogP contribution in [0, 0.1) is 0 Å². The largest absolute Gasteiger partial charge is 0.462 e. The molecule has 0 rings (SSSR count). The van der Waals surface area contributed by atoms with E-state index in [-0.39, 0.29) is 25.2 Å². The molecule has 1 unspecified atom stereocenters. The van der Waals surface area contributed by atoms with E-state index in [1.807, 2.05) is 0 Å². The molecular weight excluding hydrogens is 500 g/mol. The molecule has 0 saturated heterocycles. The molecule has 0 radical (unpaired) electrons. The van der Waals surface area contributed by atoms with E-state index in [1.54, 1.807) is 0 Å². The number of hydrogen-bond acceptors (Lipinski definition) is 5. The van der Waals surface area contributed by atoms with Crippen molar-refractivity contribution in [2.24, 2.45) is 0 Å². The molecular formula is C35H68O5. The molecule has 40 heavy (non-hydrogen) atoms. The van der Waals surface area contributed by atoms with Gasteiger partial charge < -0.3 is 14.6 Å². The first-order valence-electron chi connectivity index (χ1n) is 17.6. The average Bonchev–Trinajstić information content (AvgIpc) is 2.96. The molecule has 0 fully saturated rings. The van der Waals surface area contributed by atoms with E-state index in [2.05, 4.69) is 13.8 Å². The van der Waals surface area contributed by atoms with Crippen molar-refractivity contribution in [1.82, 2.24) is 0 Å². The number of hydrogen-bond donors (Lipinski definition) is 1. The van der Waals surface area contributed by atoms with Gasteiger partial charge in [-0.1, -0.05) is 168 Å². The van der Waals surface area contributed by atoms with Crippen LogP contribution in [0.3, 0.4) is 0 Å². The number of carbonyl (C=O) groups is 2. The van der Waals surface area contributed by atoms with Crippen LogP contribution in [-0.4, -0.2) is 36.4 Å². The average molecular weight is 569 g/mol. The standard InChI is InChI=1S/C35H68O5/c1-3-5-7-9-11-13-15-16-17-18-20-21-23-25-27-29-34(37)39-32-33(31-36)40-35(38)30-28-26-24-22-19-14-12-10-8-6-4-2/h33,36H,3-32H2,1-2H3. The summed E-state index contributed by atoms with van der Waals surface area (Å²) >= 11 is 0. The highest BCUT2D eigenvalue weighted by atomic mass is 16.6. The van der Waals surface area contributed by atoms with Crippen molar-refractivity contribution in [3.63, 3.8) is 0 Å². The molecule has 0 heterocycles. The zero-order valence-electron chi connectivity index (χ0n) is 26.9. The monoisotopic (exact) mass is 569 g/mol. The molecule has 0 spiro atoms. The summed E-state index contributed by atoms with van der Waals surface area (Å²) in [7, 11) is 0. The smallest absolute Gasteiger partial charge is 0.306 e. The Morgan fingerprint density at radius 2 is 0.775 bits per heavy atom. The van der Waals surface area contributed by atoms with Crippen molar-refractivity contribution < 1.29 is 24.2 Å². The van der Waals surface area contributed by atoms with Gasteiger partial charge in [0.1, 0.15) is 6.61 Å². The summed E-state index contributed by atoms with van der Waals surface area (Å²) in [6.07, 6.45) is 33.0. The molecule has 0 aliphatic carbocycles. The summed E-state index contributed by atoms with van der Waals surface area (Å²) in [4.78, 5) is 24.1. The molecule has 238 valence electrons. The quantitative estimate of drug-likeness (QED) is 0.0645. The number of carbonyl (C=O) groups excluding carboxylic acids is 2. The molecule has 0 saturated carbocycles. The second kappa shape index (κ2) is 32.4. The maximum atomic E-state index is 12.1. The first-order valence-corrected chi connectivity index (χ1v) is 17.6. The van der Waals surface area contributed by atoms with Gasteiger partial charge in [0.25, 0.3) is 0 Å². The maximum Gasteiger partial charge on any atom is 0.306 e. The van der Waals surface area contributed by atoms with E-state index in [0.29, 0.717) is 12.8 Å². The predicted octanol–water partition coefficient (Wildman–Crippen LogP) is 10.4. The van der Waals surface area contributed by atoms with Gasteiger partial charge in [0.15, 0.2) is 6.10 Å². The highest BCUT2D eigenvalue weighted by Crippen LogP contribution is 2.15. The zero-order valence-corrected chi connectivity index (χ0v) is 26.9. The topological polar surface area (TPSA) is 72.8 Å². The minimum absolute atomic E-state index is 0.0575. The van der Waals surface area contributed by atoms with E-state index in [4.69, 9.17) is 9.47 Å². The molecule has 1 atom stereocenters. The molecule has 0 aliphatic rings. The Bertz CT molecular complexity index is 536. The lowest BCUT2D eigenvalue weighted by molar-refractivity contribution is -0.161. The van der Waals surface area contributed by atoms with E-state index in [0.717, 1.165) is 32.1 Å². The maximum absolute atomic E-state index is 12.1. The van der Waals surface area contributed by atoms with Gasteiger partial charge in [-0.25, -0.2) is 0 Å². The highest BCUT2D eigenvalue weighted by Gasteiger charge is 2.16. The number of rotatable bonds is 32. The van der Waals surface area contributed by atoms with Crippen LogP contribution >= 0.6 is 0 Å². The van der Waals surface area contributed by atoms with Crippen LogP contribution in [0.1, 0.15) is 194 Å². The third-order valence-corrected chi connectivity index (χ3v) is 7.90. The second-order valence-electron chi connectivity index (χ2n) is 12.0. The number of esters is 2. The number of ether oxygens (including phenoxy) is 2. The van der Waals surface area contributed by atoms with Gasteiger partial charge in [-0.2, -0.15) is 0 Å². The van der Waals surface area contributed by atoms with Crippen molar-refractivity contribution >= 4 is 11.9 Å². The summed E-state index contributed by atoms with van der Waals surface area (Å²) in [6, 6.07) is 0. The number of aliphatic hydroxyl groups is 1. The molecule has 0 aromatic rings. The Morgan fingerprint density at radius 1 is 0.475 bits per heavy atom. The van der Waals surface area contributed by atoms with E-state index in [9.17, 15) is 14.7 Å². The summed E-state index contributed by atoms with van der Waals surface area (Å²) in [5.74, 6) is -0.581. The van der Waals surface area contributed by atoms with E-state index < -0.39 is 6.10 Å². The van der Waals surface area contributed by atoms with Gasteiger partial charge in [-0.15, -0.1) is 0 Å². The lowest BCUT2D eigenvalue weighted by Gasteiger charge is -2.15. The zero-order chi connectivity index (χ0) is 29.4. The summed E-state index contributed by atoms with van der Waals surface area (Å²) in [6.45, 7) is 4.14. The first-order chi connectivity index (χ1) is 19.6. The Kier molecular flexibility index (Phi) is 31.5. The minimum Gasteiger partial charge on any atom is -0.462 e. The Labute approximate surface area is 248 Å². The Hall–Kier alpha value is -1.10. The van der Waals surface area contributed by atoms with Crippen molar-refractivity contribution in [1.29, 1.82) is 0 Å². The van der Waals surface area contributed by atoms with Crippen molar-refractivity contribution in [3.05, 3.63) is 0 Å². The molecule has 0 bridgehead atoms. The number of aliphatic hydroxyl groups excluding tert-OH is 1. The molecule has 0 aromatic carbocycles. The summed E-state index contributed by atoms with van der Waals surface area (Å²) < 4.78 is 10.6. The Morgan fingerprint density at radius 3 is 1.10 bits per heavy atom. The fourth-order valence-corrected chi connectivity index (χ4v) is 5.20. The fraction of sp³-hybridized carbons (Fsp3) is 0.943. The van der Waals surface area contributed by atoms with Gasteiger partial charge in [-0.3, -0.25) is 9.59 Å². The normalized spacial score (nSPS) is 12.0. The third-order valence-electron chi connectivity index (χ3n) is 7.90. The second-order valence-corrected chi connectivity index (χ2v) is 12.0. The molecule has 0 aromatic heterocycles. The van der Waals surface area contributed by atoms with Crippen LogP contribution in [0.25, 0.3) is 0 Å². The van der Waals surface area contributed by atoms with Crippen LogP contribution in [0.4, 0.5) is 0 Å². The van der Waals surface area contributed by atoms with Crippen LogP contribution in [0.2, 0.25) is 0 Å². The van der Waals surface area contributed by atoms with Gasteiger partial charge in [-0.05, 0) is 12.8 Å². The molecule has 0 aliphatic heterocycles. The van der Waals surface area contributed by atoms with Crippen molar-refractivity contribution in [2.45, 2.75) is 200 Å². The minimum atomic E-state index is -0.759. The molecule has 5 heteroatoms. The Balaban J connectivity index is 3.51. The molecule has 0 amide bonds. The lowest BCUT2D eigenvalue weighted by atomic mass is 10.0. The van der Waals surface area contributed by atoms with E-state index >= 15 is 0 Å². The summed E-state index contributed by atoms with van der Waals surface area (Å²) in [5, 5.41) is 9.50. The predicted molar refractivity (Wildman–Crippen MR) is 169 cm³/mol. The van der Waals surface area contributed by atoms with Gasteiger partial charge in [0.2, 0.25) is 0 Å². The van der Waals surface area contributed by atoms with Crippen molar-refractivity contribution in [3.8, 4) is 0 Å². The van der Waals surface area contributed by atoms with Crippen LogP contribution < -0.4 is 0 Å². The molecule has 5 nitrogen and oxygen atoms in total. The van der Waals surface area contributed by atoms with Crippen LogP contribution in [0.5, 0.6) is 0 Å². The first kappa shape index (κ1) is 38.9. The molecule has 1 N–H and O–H groups in total. The summed E-state index contributed by atoms with van der Waals surface area (Å²) in [5.41, 5.74) is 0. The SMILES string of the molecule is CCCCCCCCCCCCCCCCCC(=O)OCC(CO)OC(=O)CCCCCCCCCCCCC. The van der Waals surface area contributed by atoms with E-state index in [1.165, 1.54) is 135 Å². The van der Waals surface area contributed by atoms with Gasteiger partial charge in [0, 0.05) is 12.8 Å². The fourth-order valence-electron chi connectivity index (χ4n) is 5.20. The highest BCUT2D eigenvalue weighted by molar-refractivity contribution is 5.70. The van der Waals surface area contributed by atoms with Crippen LogP contribution in [0.15, 0.2) is 0 Å². The third kappa shape index (κ3) is 29.9. The lowest BCUT2D eigenvalue weighted by Crippen LogP contribution is -2.28. The van der Waals surface area contributed by atoms with Crippen LogP contribution in [-0.2, 0) is 19.1 Å². The number of unbranched alkanes of at least 4 members (excludes halogenated alkanes) is 24. The van der Waals surface area contributed by atoms with Crippen molar-refractivity contribution in [2.75, 3.05) is 13.2 Å².